The zero-order valence-corrected chi connectivity index (χ0v) is 12.8. The largest absolute Gasteiger partial charge is 0.508 e. The third kappa shape index (κ3) is 3.76. The lowest BCUT2D eigenvalue weighted by Crippen LogP contribution is -2.17. The second kappa shape index (κ2) is 6.62. The van der Waals surface area contributed by atoms with E-state index in [-0.39, 0.29) is 11.6 Å². The van der Waals surface area contributed by atoms with Crippen LogP contribution in [0.25, 0.3) is 11.3 Å². The molecule has 3 rings (SSSR count). The fourth-order valence-corrected chi connectivity index (χ4v) is 2.61. The van der Waals surface area contributed by atoms with Crippen LogP contribution in [0.15, 0.2) is 54.7 Å². The predicted octanol–water partition coefficient (Wildman–Crippen LogP) is 3.55. The van der Waals surface area contributed by atoms with Gasteiger partial charge in [0.05, 0.1) is 11.9 Å². The molecular formula is C18H18FN3O. The van der Waals surface area contributed by atoms with Crippen LogP contribution in [0, 0.1) is 5.82 Å². The number of nitrogens with one attached hydrogen (secondary N) is 1. The van der Waals surface area contributed by atoms with E-state index in [9.17, 15) is 9.50 Å². The summed E-state index contributed by atoms with van der Waals surface area (Å²) in [5.74, 6) is 0.0158. The number of benzene rings is 2. The molecule has 5 heteroatoms. The van der Waals surface area contributed by atoms with Crippen LogP contribution in [-0.2, 0) is 13.1 Å². The molecule has 1 heterocycles. The number of rotatable bonds is 5. The minimum absolute atomic E-state index is 0.254. The number of hydrogen-bond acceptors (Lipinski definition) is 3. The summed E-state index contributed by atoms with van der Waals surface area (Å²) < 4.78 is 13.1. The van der Waals surface area contributed by atoms with E-state index in [1.54, 1.807) is 30.5 Å². The van der Waals surface area contributed by atoms with E-state index in [0.29, 0.717) is 13.1 Å². The summed E-state index contributed by atoms with van der Waals surface area (Å²) in [6, 6.07) is 13.6. The molecule has 0 aliphatic carbocycles. The molecule has 118 valence electrons. The Bertz CT molecular complexity index is 783. The molecule has 1 aromatic heterocycles. The van der Waals surface area contributed by atoms with Crippen LogP contribution in [0.3, 0.4) is 0 Å². The molecule has 3 aromatic rings. The van der Waals surface area contributed by atoms with Crippen LogP contribution >= 0.6 is 0 Å². The molecule has 0 aliphatic heterocycles. The zero-order valence-electron chi connectivity index (χ0n) is 12.8. The van der Waals surface area contributed by atoms with Gasteiger partial charge >= 0.3 is 0 Å². The highest BCUT2D eigenvalue weighted by molar-refractivity contribution is 5.62. The highest BCUT2D eigenvalue weighted by atomic mass is 19.1. The Kier molecular flexibility index (Phi) is 4.39. The van der Waals surface area contributed by atoms with Crippen LogP contribution in [0.4, 0.5) is 4.39 Å². The molecule has 0 amide bonds. The Balaban J connectivity index is 1.73. The lowest BCUT2D eigenvalue weighted by atomic mass is 10.1. The van der Waals surface area contributed by atoms with Gasteiger partial charge in [-0.25, -0.2) is 4.39 Å². The fraction of sp³-hybridized carbons (Fsp3) is 0.167. The lowest BCUT2D eigenvalue weighted by molar-refractivity contribution is 0.319. The average Bonchev–Trinajstić information content (AvgIpc) is 2.96. The molecule has 0 radical (unpaired) electrons. The standard InChI is InChI=1S/C18H18FN3O/c1-22(11-13-3-2-4-17(23)9-13)12-15-10-20-21-18(15)14-5-7-16(19)8-6-14/h2-10,23H,11-12H2,1H3,(H,20,21). The normalized spacial score (nSPS) is 11.1. The number of aromatic amines is 1. The second-order valence-electron chi connectivity index (χ2n) is 5.62. The highest BCUT2D eigenvalue weighted by Crippen LogP contribution is 2.23. The summed E-state index contributed by atoms with van der Waals surface area (Å²) in [5.41, 5.74) is 3.89. The van der Waals surface area contributed by atoms with Gasteiger partial charge in [-0.15, -0.1) is 0 Å². The first-order chi connectivity index (χ1) is 11.1. The summed E-state index contributed by atoms with van der Waals surface area (Å²) in [6.45, 7) is 1.40. The maximum atomic E-state index is 13.1. The molecule has 4 nitrogen and oxygen atoms in total. The molecule has 2 N–H and O–H groups in total. The summed E-state index contributed by atoms with van der Waals surface area (Å²) in [4.78, 5) is 2.13. The Morgan fingerprint density at radius 2 is 1.91 bits per heavy atom. The van der Waals surface area contributed by atoms with Crippen LogP contribution in [0.2, 0.25) is 0 Å². The maximum Gasteiger partial charge on any atom is 0.123 e. The third-order valence-corrected chi connectivity index (χ3v) is 3.65. The molecule has 0 saturated heterocycles. The van der Waals surface area contributed by atoms with Gasteiger partial charge in [0.25, 0.3) is 0 Å². The highest BCUT2D eigenvalue weighted by Gasteiger charge is 2.11. The number of aromatic hydroxyl groups is 1. The van der Waals surface area contributed by atoms with E-state index in [2.05, 4.69) is 15.1 Å². The quantitative estimate of drug-likeness (QED) is 0.757. The molecular weight excluding hydrogens is 293 g/mol. The number of nitrogens with zero attached hydrogens (tertiary/aromatic N) is 2. The van der Waals surface area contributed by atoms with Crippen LogP contribution < -0.4 is 0 Å². The topological polar surface area (TPSA) is 52.1 Å². The number of aromatic nitrogens is 2. The predicted molar refractivity (Wildman–Crippen MR) is 87.3 cm³/mol. The second-order valence-corrected chi connectivity index (χ2v) is 5.62. The maximum absolute atomic E-state index is 13.1. The van der Waals surface area contributed by atoms with Gasteiger partial charge < -0.3 is 5.11 Å². The molecule has 0 bridgehead atoms. The summed E-state index contributed by atoms with van der Waals surface area (Å²) in [5, 5.41) is 16.6. The number of hydrogen-bond donors (Lipinski definition) is 2. The number of phenolic OH excluding ortho intramolecular Hbond substituents is 1. The van der Waals surface area contributed by atoms with Crippen molar-refractivity contribution >= 4 is 0 Å². The van der Waals surface area contributed by atoms with E-state index in [1.165, 1.54) is 12.1 Å². The average molecular weight is 311 g/mol. The van der Waals surface area contributed by atoms with Gasteiger partial charge in [0.15, 0.2) is 0 Å². The molecule has 0 fully saturated rings. The smallest absolute Gasteiger partial charge is 0.123 e. The first-order valence-corrected chi connectivity index (χ1v) is 7.36. The van der Waals surface area contributed by atoms with Gasteiger partial charge in [0.2, 0.25) is 0 Å². The van der Waals surface area contributed by atoms with Gasteiger partial charge in [0.1, 0.15) is 11.6 Å². The van der Waals surface area contributed by atoms with Gasteiger partial charge in [-0.1, -0.05) is 12.1 Å². The number of phenols is 1. The molecule has 23 heavy (non-hydrogen) atoms. The van der Waals surface area contributed by atoms with E-state index in [1.807, 2.05) is 19.2 Å². The Labute approximate surface area is 134 Å². The van der Waals surface area contributed by atoms with Gasteiger partial charge in [-0.2, -0.15) is 5.10 Å². The fourth-order valence-electron chi connectivity index (χ4n) is 2.61. The van der Waals surface area contributed by atoms with Crippen molar-refractivity contribution in [2.75, 3.05) is 7.05 Å². The molecule has 0 atom stereocenters. The monoisotopic (exact) mass is 311 g/mol. The minimum atomic E-state index is -0.254. The third-order valence-electron chi connectivity index (χ3n) is 3.65. The summed E-state index contributed by atoms with van der Waals surface area (Å²) in [6.07, 6.45) is 1.79. The van der Waals surface area contributed by atoms with Gasteiger partial charge in [0, 0.05) is 24.2 Å². The Morgan fingerprint density at radius 3 is 2.65 bits per heavy atom. The van der Waals surface area contributed by atoms with Crippen molar-refractivity contribution in [2.24, 2.45) is 0 Å². The minimum Gasteiger partial charge on any atom is -0.508 e. The first-order valence-electron chi connectivity index (χ1n) is 7.36. The van der Waals surface area contributed by atoms with Crippen molar-refractivity contribution in [1.82, 2.24) is 15.1 Å². The van der Waals surface area contributed by atoms with E-state index >= 15 is 0 Å². The summed E-state index contributed by atoms with van der Waals surface area (Å²) >= 11 is 0. The SMILES string of the molecule is CN(Cc1cccc(O)c1)Cc1cn[nH]c1-c1ccc(F)cc1. The van der Waals surface area contributed by atoms with Gasteiger partial charge in [-0.3, -0.25) is 10.00 Å². The molecule has 0 unspecified atom stereocenters. The van der Waals surface area contributed by atoms with Crippen LogP contribution in [0.5, 0.6) is 5.75 Å². The summed E-state index contributed by atoms with van der Waals surface area (Å²) in [7, 11) is 2.01. The molecule has 2 aromatic carbocycles. The molecule has 0 saturated carbocycles. The molecule has 0 aliphatic rings. The first kappa shape index (κ1) is 15.2. The number of H-pyrrole nitrogens is 1. The lowest BCUT2D eigenvalue weighted by Gasteiger charge is -2.17. The molecule has 0 spiro atoms. The van der Waals surface area contributed by atoms with Crippen molar-refractivity contribution in [1.29, 1.82) is 0 Å². The van der Waals surface area contributed by atoms with E-state index in [0.717, 1.165) is 22.4 Å². The Morgan fingerprint density at radius 1 is 1.13 bits per heavy atom. The van der Waals surface area contributed by atoms with Gasteiger partial charge in [-0.05, 0) is 49.0 Å². The van der Waals surface area contributed by atoms with Crippen LogP contribution in [-0.4, -0.2) is 27.3 Å². The van der Waals surface area contributed by atoms with E-state index in [4.69, 9.17) is 0 Å². The number of halogens is 1. The van der Waals surface area contributed by atoms with Crippen molar-refractivity contribution in [2.45, 2.75) is 13.1 Å². The van der Waals surface area contributed by atoms with Crippen molar-refractivity contribution in [3.8, 4) is 17.0 Å². The van der Waals surface area contributed by atoms with Crippen molar-refractivity contribution in [3.63, 3.8) is 0 Å². The van der Waals surface area contributed by atoms with Crippen molar-refractivity contribution in [3.05, 3.63) is 71.7 Å². The zero-order chi connectivity index (χ0) is 16.2. The van der Waals surface area contributed by atoms with Crippen LogP contribution in [0.1, 0.15) is 11.1 Å². The van der Waals surface area contributed by atoms with E-state index < -0.39 is 0 Å². The van der Waals surface area contributed by atoms with Crippen molar-refractivity contribution < 1.29 is 9.50 Å². The Hall–Kier alpha value is -2.66.